The van der Waals surface area contributed by atoms with Crippen molar-refractivity contribution in [2.45, 2.75) is 57.0 Å². The number of hydrogen-bond donors (Lipinski definition) is 3. The fourth-order valence-corrected chi connectivity index (χ4v) is 5.68. The molecule has 180 valence electrons. The average Bonchev–Trinajstić information content (AvgIpc) is 2.79. The highest BCUT2D eigenvalue weighted by Crippen LogP contribution is 2.54. The van der Waals surface area contributed by atoms with Gasteiger partial charge in [-0.2, -0.15) is 0 Å². The van der Waals surface area contributed by atoms with E-state index in [1.165, 1.54) is 12.1 Å². The number of benzene rings is 2. The van der Waals surface area contributed by atoms with Crippen LogP contribution < -0.4 is 10.1 Å². The van der Waals surface area contributed by atoms with Crippen molar-refractivity contribution >= 4 is 17.6 Å². The molecule has 2 aromatic rings. The first-order chi connectivity index (χ1) is 16.2. The van der Waals surface area contributed by atoms with Crippen molar-refractivity contribution in [2.75, 3.05) is 18.4 Å². The van der Waals surface area contributed by atoms with E-state index in [2.05, 4.69) is 10.2 Å². The molecule has 0 saturated carbocycles. The van der Waals surface area contributed by atoms with Crippen LogP contribution in [0.5, 0.6) is 11.5 Å². The summed E-state index contributed by atoms with van der Waals surface area (Å²) in [5, 5.41) is 22.4. The number of carboxylic acids is 1. The zero-order valence-electron chi connectivity index (χ0n) is 19.4. The summed E-state index contributed by atoms with van der Waals surface area (Å²) in [5.41, 5.74) is 0.949. The molecule has 0 bridgehead atoms. The Kier molecular flexibility index (Phi) is 5.73. The van der Waals surface area contributed by atoms with Gasteiger partial charge in [-0.1, -0.05) is 18.2 Å². The molecule has 3 aliphatic heterocycles. The number of likely N-dealkylation sites (tertiary alicyclic amines) is 1. The number of phenols is 1. The second-order valence-electron chi connectivity index (χ2n) is 9.95. The number of amides is 1. The number of rotatable bonds is 4. The van der Waals surface area contributed by atoms with Gasteiger partial charge in [0.15, 0.2) is 11.5 Å². The number of hydrogen-bond acceptors (Lipinski definition) is 6. The topological polar surface area (TPSA) is 108 Å². The largest absolute Gasteiger partial charge is 0.504 e. The normalized spacial score (nSPS) is 27.5. The molecule has 2 fully saturated rings. The van der Waals surface area contributed by atoms with E-state index >= 15 is 0 Å². The molecule has 1 amide bonds. The summed E-state index contributed by atoms with van der Waals surface area (Å²) in [6.45, 7) is 5.05. The molecule has 34 heavy (non-hydrogen) atoms. The van der Waals surface area contributed by atoms with Gasteiger partial charge in [0.05, 0.1) is 24.3 Å². The van der Waals surface area contributed by atoms with Gasteiger partial charge in [-0.05, 0) is 63.9 Å². The third-order valence-corrected chi connectivity index (χ3v) is 7.34. The fourth-order valence-electron chi connectivity index (χ4n) is 5.68. The second-order valence-corrected chi connectivity index (χ2v) is 9.95. The highest BCUT2D eigenvalue weighted by atomic mass is 16.5. The first-order valence-corrected chi connectivity index (χ1v) is 11.8. The number of carbonyl (C=O) groups excluding carboxylic acids is 1. The number of nitrogens with one attached hydrogen (secondary N) is 1. The van der Waals surface area contributed by atoms with E-state index < -0.39 is 11.6 Å². The van der Waals surface area contributed by atoms with Crippen molar-refractivity contribution in [3.05, 3.63) is 53.6 Å². The molecule has 5 rings (SSSR count). The molecule has 0 unspecified atom stereocenters. The van der Waals surface area contributed by atoms with Gasteiger partial charge < -0.3 is 25.0 Å². The molecule has 3 N–H and O–H groups in total. The van der Waals surface area contributed by atoms with Gasteiger partial charge in [-0.3, -0.25) is 9.69 Å². The Labute approximate surface area is 198 Å². The van der Waals surface area contributed by atoms with E-state index in [0.29, 0.717) is 11.4 Å². The van der Waals surface area contributed by atoms with Crippen LogP contribution in [0.3, 0.4) is 0 Å². The first kappa shape index (κ1) is 22.7. The molecule has 0 radical (unpaired) electrons. The zero-order valence-corrected chi connectivity index (χ0v) is 19.4. The van der Waals surface area contributed by atoms with Crippen LogP contribution in [0, 0.1) is 5.92 Å². The van der Waals surface area contributed by atoms with Crippen LogP contribution in [0.1, 0.15) is 55.1 Å². The SMILES string of the molecule is CC1(C)Oc2c(O)cccc2[C@@H]2O[C@@H]3CCCN(CC(=O)Nc4cccc(C(=O)O)c4)[C@@H]3C[C@H]21. The number of anilines is 1. The van der Waals surface area contributed by atoms with Crippen LogP contribution in [-0.2, 0) is 9.53 Å². The summed E-state index contributed by atoms with van der Waals surface area (Å²) < 4.78 is 12.9. The lowest BCUT2D eigenvalue weighted by Crippen LogP contribution is -2.59. The van der Waals surface area contributed by atoms with Crippen molar-refractivity contribution in [3.63, 3.8) is 0 Å². The third-order valence-electron chi connectivity index (χ3n) is 7.34. The van der Waals surface area contributed by atoms with Gasteiger partial charge in [-0.25, -0.2) is 4.79 Å². The molecule has 8 heteroatoms. The molecule has 3 heterocycles. The van der Waals surface area contributed by atoms with Gasteiger partial charge in [0.1, 0.15) is 5.60 Å². The maximum atomic E-state index is 12.9. The van der Waals surface area contributed by atoms with E-state index in [-0.39, 0.29) is 47.9 Å². The Bertz CT molecular complexity index is 1120. The number of carboxylic acid groups (broad SMARTS) is 1. The lowest BCUT2D eigenvalue weighted by atomic mass is 9.72. The van der Waals surface area contributed by atoms with Crippen molar-refractivity contribution in [3.8, 4) is 11.5 Å². The van der Waals surface area contributed by atoms with Gasteiger partial charge in [-0.15, -0.1) is 0 Å². The minimum atomic E-state index is -1.03. The zero-order chi connectivity index (χ0) is 24.0. The number of aromatic hydroxyl groups is 1. The van der Waals surface area contributed by atoms with Crippen LogP contribution in [0.25, 0.3) is 0 Å². The summed E-state index contributed by atoms with van der Waals surface area (Å²) in [7, 11) is 0. The van der Waals surface area contributed by atoms with Crippen LogP contribution in [-0.4, -0.2) is 57.8 Å². The Morgan fingerprint density at radius 3 is 2.79 bits per heavy atom. The number of fused-ring (bicyclic) bond motifs is 4. The number of carbonyl (C=O) groups is 2. The summed E-state index contributed by atoms with van der Waals surface area (Å²) in [6.07, 6.45) is 2.48. The first-order valence-electron chi connectivity index (χ1n) is 11.8. The molecular weight excluding hydrogens is 436 g/mol. The number of phenolic OH excluding ortho intramolecular Hbond substituents is 1. The summed E-state index contributed by atoms with van der Waals surface area (Å²) in [6, 6.07) is 11.7. The minimum Gasteiger partial charge on any atom is -0.504 e. The Hall–Kier alpha value is -3.10. The highest BCUT2D eigenvalue weighted by Gasteiger charge is 2.52. The summed E-state index contributed by atoms with van der Waals surface area (Å²) in [4.78, 5) is 26.2. The van der Waals surface area contributed by atoms with E-state index in [1.807, 2.05) is 26.0 Å². The molecule has 8 nitrogen and oxygen atoms in total. The molecule has 2 saturated heterocycles. The van der Waals surface area contributed by atoms with Crippen LogP contribution in [0.4, 0.5) is 5.69 Å². The van der Waals surface area contributed by atoms with Gasteiger partial charge in [0, 0.05) is 23.2 Å². The van der Waals surface area contributed by atoms with Crippen molar-refractivity contribution in [2.24, 2.45) is 5.92 Å². The lowest BCUT2D eigenvalue weighted by Gasteiger charge is -2.54. The van der Waals surface area contributed by atoms with E-state index in [0.717, 1.165) is 31.4 Å². The van der Waals surface area contributed by atoms with Gasteiger partial charge in [0.25, 0.3) is 0 Å². The molecular formula is C26H30N2O6. The Morgan fingerprint density at radius 2 is 2.00 bits per heavy atom. The second kappa shape index (κ2) is 8.60. The molecule has 0 aromatic heterocycles. The Morgan fingerprint density at radius 1 is 1.21 bits per heavy atom. The van der Waals surface area contributed by atoms with Crippen LogP contribution in [0.2, 0.25) is 0 Å². The fraction of sp³-hybridized carbons (Fsp3) is 0.462. The smallest absolute Gasteiger partial charge is 0.335 e. The van der Waals surface area contributed by atoms with E-state index in [9.17, 15) is 19.8 Å². The van der Waals surface area contributed by atoms with Crippen LogP contribution in [0.15, 0.2) is 42.5 Å². The highest BCUT2D eigenvalue weighted by molar-refractivity contribution is 5.94. The standard InChI is InChI=1S/C26H30N2O6/c1-26(2)18-13-19-21(33-23(18)17-8-4-9-20(29)24(17)34-26)10-5-11-28(19)14-22(30)27-16-7-3-6-15(12-16)25(31)32/h3-4,6-9,12,18-19,21,23,29H,5,10-11,13-14H2,1-2H3,(H,27,30)(H,31,32)/t18-,19-,21-,23+/m1/s1. The monoisotopic (exact) mass is 466 g/mol. The number of nitrogens with zero attached hydrogens (tertiary/aromatic N) is 1. The number of aromatic carboxylic acids is 1. The molecule has 3 aliphatic rings. The number of para-hydroxylation sites is 1. The van der Waals surface area contributed by atoms with Crippen LogP contribution >= 0.6 is 0 Å². The predicted molar refractivity (Wildman–Crippen MR) is 125 cm³/mol. The molecule has 0 aliphatic carbocycles. The van der Waals surface area contributed by atoms with Crippen molar-refractivity contribution in [1.82, 2.24) is 4.90 Å². The van der Waals surface area contributed by atoms with Gasteiger partial charge >= 0.3 is 5.97 Å². The maximum Gasteiger partial charge on any atom is 0.335 e. The van der Waals surface area contributed by atoms with E-state index in [1.54, 1.807) is 18.2 Å². The average molecular weight is 467 g/mol. The molecule has 4 atom stereocenters. The summed E-state index contributed by atoms with van der Waals surface area (Å²) >= 11 is 0. The third kappa shape index (κ3) is 4.12. The minimum absolute atomic E-state index is 0.0118. The Balaban J connectivity index is 1.33. The predicted octanol–water partition coefficient (Wildman–Crippen LogP) is 3.81. The maximum absolute atomic E-state index is 12.9. The van der Waals surface area contributed by atoms with Crippen molar-refractivity contribution in [1.29, 1.82) is 0 Å². The number of piperidine rings is 1. The quantitative estimate of drug-likeness (QED) is 0.629. The van der Waals surface area contributed by atoms with Gasteiger partial charge in [0.2, 0.25) is 5.91 Å². The summed E-state index contributed by atoms with van der Waals surface area (Å²) in [5.74, 6) is -0.513. The van der Waals surface area contributed by atoms with Crippen molar-refractivity contribution < 1.29 is 29.3 Å². The lowest BCUT2D eigenvalue weighted by molar-refractivity contribution is -0.189. The van der Waals surface area contributed by atoms with E-state index in [4.69, 9.17) is 9.47 Å². The molecule has 0 spiro atoms. The molecule has 2 aromatic carbocycles. The number of ether oxygens (including phenoxy) is 2.